The Kier molecular flexibility index (Phi) is 4.92. The number of rotatable bonds is 5. The van der Waals surface area contributed by atoms with E-state index in [9.17, 15) is 0 Å². The molecule has 0 amide bonds. The number of nitrogens with zero attached hydrogens (tertiary/aromatic N) is 4. The normalized spacial score (nSPS) is 10.9. The van der Waals surface area contributed by atoms with Gasteiger partial charge < -0.3 is 21.5 Å². The smallest absolute Gasteiger partial charge is 0.222 e. The van der Waals surface area contributed by atoms with Gasteiger partial charge in [-0.05, 0) is 42.5 Å². The minimum Gasteiger partial charge on any atom is -0.455 e. The quantitative estimate of drug-likeness (QED) is 0.304. The molecule has 0 aliphatic heterocycles. The van der Waals surface area contributed by atoms with Crippen LogP contribution in [0, 0.1) is 0 Å². The number of anilines is 4. The van der Waals surface area contributed by atoms with Gasteiger partial charge in [-0.1, -0.05) is 17.7 Å². The van der Waals surface area contributed by atoms with Crippen molar-refractivity contribution in [2.24, 2.45) is 0 Å². The first-order valence-electron chi connectivity index (χ1n) is 9.59. The maximum atomic E-state index is 6.48. The summed E-state index contributed by atoms with van der Waals surface area (Å²) in [6.45, 7) is 0. The lowest BCUT2D eigenvalue weighted by atomic mass is 10.2. The second-order valence-electron chi connectivity index (χ2n) is 6.89. The number of pyridine rings is 1. The molecule has 3 heterocycles. The Morgan fingerprint density at radius 2 is 1.78 bits per heavy atom. The van der Waals surface area contributed by atoms with Crippen LogP contribution in [0.25, 0.3) is 22.2 Å². The predicted molar refractivity (Wildman–Crippen MR) is 125 cm³/mol. The van der Waals surface area contributed by atoms with E-state index in [0.717, 1.165) is 11.1 Å². The number of halogens is 1. The molecule has 0 fully saturated rings. The average Bonchev–Trinajstić information content (AvgIpc) is 3.18. The second-order valence-corrected chi connectivity index (χ2v) is 7.30. The molecule has 0 saturated heterocycles. The van der Waals surface area contributed by atoms with Crippen LogP contribution in [0.2, 0.25) is 5.02 Å². The van der Waals surface area contributed by atoms with Gasteiger partial charge in [0.15, 0.2) is 5.82 Å². The number of aromatic nitrogens is 5. The predicted octanol–water partition coefficient (Wildman–Crippen LogP) is 4.77. The number of hydrogen-bond acceptors (Lipinski definition) is 8. The lowest BCUT2D eigenvalue weighted by molar-refractivity contribution is 0.489. The molecule has 9 nitrogen and oxygen atoms in total. The van der Waals surface area contributed by atoms with Crippen LogP contribution in [-0.4, -0.2) is 25.1 Å². The van der Waals surface area contributed by atoms with Gasteiger partial charge in [-0.15, -0.1) is 0 Å². The number of hydrogen-bond donors (Lipinski definition) is 4. The fourth-order valence-corrected chi connectivity index (χ4v) is 3.50. The highest BCUT2D eigenvalue weighted by Crippen LogP contribution is 2.37. The summed E-state index contributed by atoms with van der Waals surface area (Å²) in [6.07, 6.45) is 3.38. The number of nitrogens with two attached hydrogens (primary N) is 2. The summed E-state index contributed by atoms with van der Waals surface area (Å²) >= 11 is 6.48. The third-order valence-corrected chi connectivity index (χ3v) is 5.02. The highest BCUT2D eigenvalue weighted by atomic mass is 35.5. The zero-order valence-corrected chi connectivity index (χ0v) is 17.3. The molecular weight excluding hydrogens is 428 g/mol. The number of aromatic amines is 1. The van der Waals surface area contributed by atoms with E-state index in [1.54, 1.807) is 36.7 Å². The topological polar surface area (TPSA) is 141 Å². The van der Waals surface area contributed by atoms with Crippen LogP contribution in [-0.2, 0) is 0 Å². The van der Waals surface area contributed by atoms with Crippen molar-refractivity contribution in [1.82, 2.24) is 25.1 Å². The van der Waals surface area contributed by atoms with Crippen LogP contribution in [0.15, 0.2) is 67.0 Å². The lowest BCUT2D eigenvalue weighted by Gasteiger charge is -2.12. The molecule has 0 atom stereocenters. The summed E-state index contributed by atoms with van der Waals surface area (Å²) < 4.78 is 6.01. The van der Waals surface area contributed by atoms with Crippen LogP contribution in [0.5, 0.6) is 11.5 Å². The number of H-pyrrole nitrogens is 1. The van der Waals surface area contributed by atoms with Gasteiger partial charge in [0.1, 0.15) is 17.3 Å². The minimum absolute atomic E-state index is 0.152. The summed E-state index contributed by atoms with van der Waals surface area (Å²) in [6, 6.07) is 16.3. The van der Waals surface area contributed by atoms with Crippen molar-refractivity contribution < 1.29 is 4.74 Å². The summed E-state index contributed by atoms with van der Waals surface area (Å²) in [5, 5.41) is 11.2. The Bertz CT molecular complexity index is 1420. The monoisotopic (exact) mass is 444 g/mol. The molecule has 158 valence electrons. The first-order chi connectivity index (χ1) is 15.6. The molecule has 0 spiro atoms. The van der Waals surface area contributed by atoms with Gasteiger partial charge in [-0.25, -0.2) is 4.98 Å². The highest BCUT2D eigenvalue weighted by molar-refractivity contribution is 6.32. The molecule has 0 aliphatic carbocycles. The van der Waals surface area contributed by atoms with Crippen molar-refractivity contribution in [3.05, 3.63) is 72.0 Å². The number of nitrogen functional groups attached to an aromatic ring is 2. The Hall–Kier alpha value is -4.37. The van der Waals surface area contributed by atoms with Gasteiger partial charge in [0, 0.05) is 29.7 Å². The van der Waals surface area contributed by atoms with Crippen LogP contribution < -0.4 is 21.5 Å². The fraction of sp³-hybridized carbons (Fsp3) is 0. The summed E-state index contributed by atoms with van der Waals surface area (Å²) in [4.78, 5) is 12.6. The van der Waals surface area contributed by atoms with E-state index < -0.39 is 0 Å². The Morgan fingerprint density at radius 3 is 2.59 bits per heavy atom. The molecule has 3 aromatic heterocycles. The van der Waals surface area contributed by atoms with E-state index in [-0.39, 0.29) is 5.95 Å². The molecule has 2 aromatic carbocycles. The van der Waals surface area contributed by atoms with Crippen LogP contribution in [0.3, 0.4) is 0 Å². The largest absolute Gasteiger partial charge is 0.455 e. The molecule has 0 radical (unpaired) electrons. The molecule has 0 unspecified atom stereocenters. The molecule has 32 heavy (non-hydrogen) atoms. The molecule has 5 rings (SSSR count). The Balaban J connectivity index is 1.40. The van der Waals surface area contributed by atoms with Gasteiger partial charge in [-0.2, -0.15) is 10.1 Å². The third-order valence-electron chi connectivity index (χ3n) is 4.72. The standard InChI is InChI=1S/C22H17ClN8O/c23-14-10-13(27-19-11-16(28-22(25)29-19)12-6-8-26-9-7-12)4-5-17(14)32-18-3-1-2-15-20(18)21(24)31-30-15/h1-11H,(H3,24,30,31)(H3,25,27,28,29). The summed E-state index contributed by atoms with van der Waals surface area (Å²) in [5.74, 6) is 2.08. The van der Waals surface area contributed by atoms with Gasteiger partial charge in [0.05, 0.1) is 21.6 Å². The van der Waals surface area contributed by atoms with Gasteiger partial charge in [-0.3, -0.25) is 10.1 Å². The van der Waals surface area contributed by atoms with E-state index >= 15 is 0 Å². The van der Waals surface area contributed by atoms with Crippen molar-refractivity contribution in [3.63, 3.8) is 0 Å². The first kappa shape index (κ1) is 19.6. The Labute approximate surface area is 187 Å². The van der Waals surface area contributed by atoms with Gasteiger partial charge in [0.25, 0.3) is 0 Å². The molecular formula is C22H17ClN8O. The van der Waals surface area contributed by atoms with Gasteiger partial charge >= 0.3 is 0 Å². The van der Waals surface area contributed by atoms with E-state index in [1.807, 2.05) is 30.3 Å². The highest BCUT2D eigenvalue weighted by Gasteiger charge is 2.12. The molecule has 0 aliphatic rings. The number of ether oxygens (including phenoxy) is 1. The van der Waals surface area contributed by atoms with Crippen LogP contribution in [0.4, 0.5) is 23.3 Å². The molecule has 0 bridgehead atoms. The zero-order valence-electron chi connectivity index (χ0n) is 16.6. The third kappa shape index (κ3) is 3.84. The first-order valence-corrected chi connectivity index (χ1v) is 9.96. The zero-order chi connectivity index (χ0) is 22.1. The Morgan fingerprint density at radius 1 is 0.938 bits per heavy atom. The van der Waals surface area contributed by atoms with E-state index in [2.05, 4.69) is 30.5 Å². The van der Waals surface area contributed by atoms with Crippen LogP contribution >= 0.6 is 11.6 Å². The number of fused-ring (bicyclic) bond motifs is 1. The molecule has 6 N–H and O–H groups in total. The van der Waals surface area contributed by atoms with E-state index in [4.69, 9.17) is 27.8 Å². The van der Waals surface area contributed by atoms with E-state index in [1.165, 1.54) is 0 Å². The van der Waals surface area contributed by atoms with Crippen LogP contribution in [0.1, 0.15) is 0 Å². The fourth-order valence-electron chi connectivity index (χ4n) is 3.28. The second kappa shape index (κ2) is 8.05. The summed E-state index contributed by atoms with van der Waals surface area (Å²) in [5.41, 5.74) is 14.9. The van der Waals surface area contributed by atoms with Crippen molar-refractivity contribution in [2.75, 3.05) is 16.8 Å². The molecule has 5 aromatic rings. The lowest BCUT2D eigenvalue weighted by Crippen LogP contribution is -2.01. The van der Waals surface area contributed by atoms with E-state index in [0.29, 0.717) is 44.9 Å². The maximum Gasteiger partial charge on any atom is 0.222 e. The van der Waals surface area contributed by atoms with Gasteiger partial charge in [0.2, 0.25) is 5.95 Å². The van der Waals surface area contributed by atoms with Crippen molar-refractivity contribution in [1.29, 1.82) is 0 Å². The van der Waals surface area contributed by atoms with Crippen molar-refractivity contribution >= 4 is 45.8 Å². The number of nitrogens with one attached hydrogen (secondary N) is 2. The van der Waals surface area contributed by atoms with Crippen molar-refractivity contribution in [2.45, 2.75) is 0 Å². The number of benzene rings is 2. The average molecular weight is 445 g/mol. The van der Waals surface area contributed by atoms with Crippen molar-refractivity contribution in [3.8, 4) is 22.8 Å². The minimum atomic E-state index is 0.152. The molecule has 0 saturated carbocycles. The molecule has 10 heteroatoms. The SMILES string of the molecule is Nc1nc(Nc2ccc(Oc3cccc4[nH]nc(N)c34)c(Cl)c2)cc(-c2ccncc2)n1. The summed E-state index contributed by atoms with van der Waals surface area (Å²) in [7, 11) is 0. The maximum absolute atomic E-state index is 6.48.